The molecule has 1 aromatic carbocycles. The summed E-state index contributed by atoms with van der Waals surface area (Å²) < 4.78 is 1.51. The smallest absolute Gasteiger partial charge is 0.272 e. The molecule has 0 aliphatic rings. The van der Waals surface area contributed by atoms with Crippen molar-refractivity contribution in [3.63, 3.8) is 0 Å². The number of nitrogens with one attached hydrogen (secondary N) is 1. The predicted octanol–water partition coefficient (Wildman–Crippen LogP) is 2.54. The number of phenols is 1. The van der Waals surface area contributed by atoms with E-state index in [2.05, 4.69) is 5.32 Å². The molecule has 20 heavy (non-hydrogen) atoms. The van der Waals surface area contributed by atoms with E-state index in [9.17, 15) is 20.0 Å². The lowest BCUT2D eigenvalue weighted by atomic mass is 10.2. The second kappa shape index (κ2) is 5.22. The van der Waals surface area contributed by atoms with Gasteiger partial charge in [0.05, 0.1) is 15.6 Å². The van der Waals surface area contributed by atoms with Gasteiger partial charge in [0.1, 0.15) is 11.4 Å². The minimum atomic E-state index is -0.617. The maximum atomic E-state index is 12.0. The molecule has 1 aromatic heterocycles. The Kier molecular flexibility index (Phi) is 3.62. The van der Waals surface area contributed by atoms with Crippen molar-refractivity contribution in [1.29, 1.82) is 0 Å². The molecule has 0 aliphatic carbocycles. The monoisotopic (exact) mass is 295 g/mol. The Balaban J connectivity index is 2.30. The number of nitro benzene ring substituents is 1. The molecule has 7 nitrogen and oxygen atoms in total. The first-order valence-corrected chi connectivity index (χ1v) is 5.87. The summed E-state index contributed by atoms with van der Waals surface area (Å²) in [5, 5.41) is 23.1. The quantitative estimate of drug-likeness (QED) is 0.516. The third kappa shape index (κ3) is 2.72. The fraction of sp³-hybridized carbons (Fsp3) is 0.0833. The molecule has 0 aliphatic heterocycles. The fourth-order valence-electron chi connectivity index (χ4n) is 1.67. The maximum Gasteiger partial charge on any atom is 0.272 e. The van der Waals surface area contributed by atoms with E-state index in [0.29, 0.717) is 5.02 Å². The van der Waals surface area contributed by atoms with Crippen LogP contribution in [-0.2, 0) is 7.05 Å². The van der Waals surface area contributed by atoms with Crippen molar-refractivity contribution in [2.75, 3.05) is 5.32 Å². The molecular weight excluding hydrogens is 286 g/mol. The first-order chi connectivity index (χ1) is 9.38. The number of nitro groups is 1. The molecule has 1 amide bonds. The number of amides is 1. The molecule has 104 valence electrons. The number of hydrogen-bond acceptors (Lipinski definition) is 4. The van der Waals surface area contributed by atoms with Gasteiger partial charge in [-0.3, -0.25) is 14.9 Å². The number of carbonyl (C=O) groups excluding carboxylic acids is 1. The molecule has 0 atom stereocenters. The van der Waals surface area contributed by atoms with Gasteiger partial charge in [0.2, 0.25) is 0 Å². The zero-order valence-corrected chi connectivity index (χ0v) is 11.1. The summed E-state index contributed by atoms with van der Waals surface area (Å²) in [5.41, 5.74) is -0.00885. The average molecular weight is 296 g/mol. The van der Waals surface area contributed by atoms with E-state index in [1.165, 1.54) is 10.6 Å². The van der Waals surface area contributed by atoms with Crippen molar-refractivity contribution < 1.29 is 14.8 Å². The lowest BCUT2D eigenvalue weighted by Crippen LogP contribution is -2.15. The van der Waals surface area contributed by atoms with Crippen LogP contribution >= 0.6 is 11.6 Å². The summed E-state index contributed by atoms with van der Waals surface area (Å²) in [6.07, 6.45) is 1.55. The van der Waals surface area contributed by atoms with E-state index in [1.54, 1.807) is 13.2 Å². The maximum absolute atomic E-state index is 12.0. The van der Waals surface area contributed by atoms with Crippen LogP contribution in [0.2, 0.25) is 5.02 Å². The SMILES string of the molecule is Cn1cc(Cl)cc1C(=O)Nc1cc([N+](=O)[O-])ccc1O. The number of phenolic OH excluding ortho intramolecular Hbond substituents is 1. The normalized spacial score (nSPS) is 10.3. The van der Waals surface area contributed by atoms with E-state index in [1.807, 2.05) is 0 Å². The number of rotatable bonds is 3. The van der Waals surface area contributed by atoms with Crippen molar-refractivity contribution in [3.05, 3.63) is 51.3 Å². The number of anilines is 1. The Morgan fingerprint density at radius 3 is 2.70 bits per heavy atom. The largest absolute Gasteiger partial charge is 0.506 e. The second-order valence-corrected chi connectivity index (χ2v) is 4.50. The number of carbonyl (C=O) groups is 1. The van der Waals surface area contributed by atoms with Gasteiger partial charge in [0.25, 0.3) is 11.6 Å². The summed E-state index contributed by atoms with van der Waals surface area (Å²) in [6, 6.07) is 4.82. The molecule has 2 N–H and O–H groups in total. The van der Waals surface area contributed by atoms with Gasteiger partial charge in [0.15, 0.2) is 0 Å². The lowest BCUT2D eigenvalue weighted by molar-refractivity contribution is -0.384. The highest BCUT2D eigenvalue weighted by atomic mass is 35.5. The molecule has 0 saturated carbocycles. The number of aromatic nitrogens is 1. The first-order valence-electron chi connectivity index (χ1n) is 5.49. The second-order valence-electron chi connectivity index (χ2n) is 4.07. The molecule has 0 spiro atoms. The Labute approximate surface area is 118 Å². The van der Waals surface area contributed by atoms with E-state index in [0.717, 1.165) is 18.2 Å². The molecule has 0 fully saturated rings. The third-order valence-corrected chi connectivity index (χ3v) is 2.85. The van der Waals surface area contributed by atoms with Gasteiger partial charge in [-0.25, -0.2) is 0 Å². The minimum absolute atomic E-state index is 0.0403. The van der Waals surface area contributed by atoms with Crippen molar-refractivity contribution in [3.8, 4) is 5.75 Å². The Morgan fingerprint density at radius 1 is 1.45 bits per heavy atom. The fourth-order valence-corrected chi connectivity index (χ4v) is 1.92. The van der Waals surface area contributed by atoms with Crippen LogP contribution in [0.3, 0.4) is 0 Å². The van der Waals surface area contributed by atoms with Gasteiger partial charge in [-0.1, -0.05) is 11.6 Å². The Morgan fingerprint density at radius 2 is 2.15 bits per heavy atom. The molecule has 0 bridgehead atoms. The summed E-state index contributed by atoms with van der Waals surface area (Å²) in [7, 11) is 1.63. The molecule has 8 heteroatoms. The van der Waals surface area contributed by atoms with Crippen molar-refractivity contribution in [1.82, 2.24) is 4.57 Å². The van der Waals surface area contributed by atoms with E-state index in [-0.39, 0.29) is 22.8 Å². The highest BCUT2D eigenvalue weighted by Crippen LogP contribution is 2.28. The van der Waals surface area contributed by atoms with Gasteiger partial charge in [-0.15, -0.1) is 0 Å². The molecule has 2 rings (SSSR count). The average Bonchev–Trinajstić information content (AvgIpc) is 2.71. The number of aromatic hydroxyl groups is 1. The van der Waals surface area contributed by atoms with Crippen LogP contribution in [0.5, 0.6) is 5.75 Å². The summed E-state index contributed by atoms with van der Waals surface area (Å²) in [5.74, 6) is -0.792. The van der Waals surface area contributed by atoms with Gasteiger partial charge >= 0.3 is 0 Å². The summed E-state index contributed by atoms with van der Waals surface area (Å²) in [6.45, 7) is 0. The molecule has 0 saturated heterocycles. The van der Waals surface area contributed by atoms with Crippen LogP contribution in [0.4, 0.5) is 11.4 Å². The van der Waals surface area contributed by atoms with Gasteiger partial charge in [-0.05, 0) is 12.1 Å². The molecule has 2 aromatic rings. The van der Waals surface area contributed by atoms with E-state index in [4.69, 9.17) is 11.6 Å². The van der Waals surface area contributed by atoms with Gasteiger partial charge in [0, 0.05) is 25.4 Å². The van der Waals surface area contributed by atoms with Crippen LogP contribution < -0.4 is 5.32 Å². The number of halogens is 1. The minimum Gasteiger partial charge on any atom is -0.506 e. The molecule has 0 unspecified atom stereocenters. The Hall–Kier alpha value is -2.54. The van der Waals surface area contributed by atoms with Crippen LogP contribution in [0.15, 0.2) is 30.5 Å². The van der Waals surface area contributed by atoms with Crippen molar-refractivity contribution in [2.24, 2.45) is 7.05 Å². The lowest BCUT2D eigenvalue weighted by Gasteiger charge is -2.07. The topological polar surface area (TPSA) is 97.4 Å². The van der Waals surface area contributed by atoms with Gasteiger partial charge in [-0.2, -0.15) is 0 Å². The summed E-state index contributed by atoms with van der Waals surface area (Å²) in [4.78, 5) is 22.1. The third-order valence-electron chi connectivity index (χ3n) is 2.64. The molecular formula is C12H10ClN3O4. The van der Waals surface area contributed by atoms with E-state index < -0.39 is 10.8 Å². The van der Waals surface area contributed by atoms with Crippen LogP contribution in [-0.4, -0.2) is 20.5 Å². The number of aryl methyl sites for hydroxylation is 1. The number of benzene rings is 1. The van der Waals surface area contributed by atoms with Crippen LogP contribution in [0.25, 0.3) is 0 Å². The predicted molar refractivity (Wildman–Crippen MR) is 73.1 cm³/mol. The molecule has 1 heterocycles. The zero-order valence-electron chi connectivity index (χ0n) is 10.3. The standard InChI is InChI=1S/C12H10ClN3O4/c1-15-6-7(13)4-10(15)12(18)14-9-5-8(16(19)20)2-3-11(9)17/h2-6,17H,1H3,(H,14,18). The van der Waals surface area contributed by atoms with Crippen LogP contribution in [0, 0.1) is 10.1 Å². The zero-order chi connectivity index (χ0) is 14.9. The van der Waals surface area contributed by atoms with Crippen LogP contribution in [0.1, 0.15) is 10.5 Å². The summed E-state index contributed by atoms with van der Waals surface area (Å²) >= 11 is 5.77. The highest BCUT2D eigenvalue weighted by molar-refractivity contribution is 6.31. The number of hydrogen-bond donors (Lipinski definition) is 2. The van der Waals surface area contributed by atoms with E-state index >= 15 is 0 Å². The molecule has 0 radical (unpaired) electrons. The number of nitrogens with zero attached hydrogens (tertiary/aromatic N) is 2. The number of non-ortho nitro benzene ring substituents is 1. The van der Waals surface area contributed by atoms with Crippen molar-refractivity contribution in [2.45, 2.75) is 0 Å². The Bertz CT molecular complexity index is 696. The first kappa shape index (κ1) is 13.9. The highest BCUT2D eigenvalue weighted by Gasteiger charge is 2.16. The van der Waals surface area contributed by atoms with Crippen molar-refractivity contribution >= 4 is 28.9 Å². The van der Waals surface area contributed by atoms with Gasteiger partial charge < -0.3 is 15.0 Å².